The largest absolute Gasteiger partial charge is 0.480 e. The quantitative estimate of drug-likeness (QED) is 0.854. The summed E-state index contributed by atoms with van der Waals surface area (Å²) in [5, 5.41) is 10.3. The highest BCUT2D eigenvalue weighted by molar-refractivity contribution is 9.10. The predicted molar refractivity (Wildman–Crippen MR) is 68.1 cm³/mol. The van der Waals surface area contributed by atoms with Gasteiger partial charge in [-0.15, -0.1) is 0 Å². The van der Waals surface area contributed by atoms with Gasteiger partial charge in [-0.25, -0.2) is 4.79 Å². The molecule has 110 valence electrons. The van der Waals surface area contributed by atoms with Crippen LogP contribution in [0, 0.1) is 0 Å². The molecule has 0 saturated heterocycles. The maximum atomic E-state index is 12.1. The van der Waals surface area contributed by atoms with Crippen molar-refractivity contribution in [1.29, 1.82) is 0 Å². The SMILES string of the molecule is O=C(O)[C@@H](CCc1ccc(Br)cc1)NC(=O)C(F)(F)F. The average molecular weight is 354 g/mol. The number of carbonyl (C=O) groups is 2. The van der Waals surface area contributed by atoms with Crippen LogP contribution in [0.1, 0.15) is 12.0 Å². The van der Waals surface area contributed by atoms with Crippen molar-refractivity contribution in [2.45, 2.75) is 25.1 Å². The van der Waals surface area contributed by atoms with E-state index in [-0.39, 0.29) is 12.8 Å². The van der Waals surface area contributed by atoms with Gasteiger partial charge >= 0.3 is 18.1 Å². The van der Waals surface area contributed by atoms with Crippen molar-refractivity contribution in [3.05, 3.63) is 34.3 Å². The Hall–Kier alpha value is -1.57. The number of hydrogen-bond donors (Lipinski definition) is 2. The summed E-state index contributed by atoms with van der Waals surface area (Å²) in [4.78, 5) is 21.6. The van der Waals surface area contributed by atoms with Gasteiger partial charge in [-0.05, 0) is 30.5 Å². The second kappa shape index (κ2) is 6.74. The van der Waals surface area contributed by atoms with Crippen LogP contribution in [-0.4, -0.2) is 29.2 Å². The fraction of sp³-hybridized carbons (Fsp3) is 0.333. The Morgan fingerprint density at radius 3 is 2.25 bits per heavy atom. The van der Waals surface area contributed by atoms with Gasteiger partial charge in [0.25, 0.3) is 0 Å². The zero-order valence-electron chi connectivity index (χ0n) is 10.1. The Bertz CT molecular complexity index is 488. The third-order valence-electron chi connectivity index (χ3n) is 2.50. The summed E-state index contributed by atoms with van der Waals surface area (Å²) >= 11 is 3.23. The van der Waals surface area contributed by atoms with Crippen molar-refractivity contribution in [2.75, 3.05) is 0 Å². The minimum atomic E-state index is -5.09. The van der Waals surface area contributed by atoms with Gasteiger partial charge in [-0.1, -0.05) is 28.1 Å². The first-order valence-corrected chi connectivity index (χ1v) is 6.34. The molecule has 0 aliphatic carbocycles. The van der Waals surface area contributed by atoms with E-state index in [4.69, 9.17) is 5.11 Å². The van der Waals surface area contributed by atoms with Gasteiger partial charge in [-0.2, -0.15) is 13.2 Å². The van der Waals surface area contributed by atoms with E-state index in [2.05, 4.69) is 15.9 Å². The van der Waals surface area contributed by atoms with Gasteiger partial charge in [0.15, 0.2) is 0 Å². The van der Waals surface area contributed by atoms with E-state index >= 15 is 0 Å². The van der Waals surface area contributed by atoms with Crippen LogP contribution in [0.3, 0.4) is 0 Å². The summed E-state index contributed by atoms with van der Waals surface area (Å²) in [6.07, 6.45) is -4.98. The molecule has 0 aliphatic rings. The number of benzene rings is 1. The number of carbonyl (C=O) groups excluding carboxylic acids is 1. The minimum Gasteiger partial charge on any atom is -0.480 e. The molecule has 1 aromatic rings. The van der Waals surface area contributed by atoms with Crippen molar-refractivity contribution in [2.24, 2.45) is 0 Å². The number of nitrogens with one attached hydrogen (secondary N) is 1. The molecular formula is C12H11BrF3NO3. The Kier molecular flexibility index (Phi) is 5.55. The van der Waals surface area contributed by atoms with Crippen molar-refractivity contribution < 1.29 is 27.9 Å². The first-order valence-electron chi connectivity index (χ1n) is 5.55. The molecule has 0 unspecified atom stereocenters. The molecule has 2 N–H and O–H groups in total. The van der Waals surface area contributed by atoms with Gasteiger partial charge in [0.1, 0.15) is 6.04 Å². The monoisotopic (exact) mass is 353 g/mol. The molecule has 0 aromatic heterocycles. The van der Waals surface area contributed by atoms with Crippen LogP contribution in [-0.2, 0) is 16.0 Å². The van der Waals surface area contributed by atoms with Crippen molar-refractivity contribution in [3.8, 4) is 0 Å². The van der Waals surface area contributed by atoms with Crippen LogP contribution in [0.5, 0.6) is 0 Å². The molecule has 1 atom stereocenters. The van der Waals surface area contributed by atoms with Gasteiger partial charge in [0.05, 0.1) is 0 Å². The number of amides is 1. The van der Waals surface area contributed by atoms with Crippen LogP contribution in [0.2, 0.25) is 0 Å². The first kappa shape index (κ1) is 16.5. The summed E-state index contributed by atoms with van der Waals surface area (Å²) in [5.74, 6) is -3.75. The van der Waals surface area contributed by atoms with E-state index in [0.29, 0.717) is 0 Å². The Balaban J connectivity index is 2.62. The lowest BCUT2D eigenvalue weighted by Gasteiger charge is -2.15. The van der Waals surface area contributed by atoms with E-state index in [0.717, 1.165) is 10.0 Å². The molecule has 4 nitrogen and oxygen atoms in total. The number of hydrogen-bond acceptors (Lipinski definition) is 2. The second-order valence-corrected chi connectivity index (χ2v) is 4.94. The summed E-state index contributed by atoms with van der Waals surface area (Å²) in [7, 11) is 0. The summed E-state index contributed by atoms with van der Waals surface area (Å²) in [6, 6.07) is 5.33. The fourth-order valence-corrected chi connectivity index (χ4v) is 1.72. The van der Waals surface area contributed by atoms with Crippen LogP contribution in [0.25, 0.3) is 0 Å². The van der Waals surface area contributed by atoms with Gasteiger partial charge < -0.3 is 10.4 Å². The first-order chi connectivity index (χ1) is 9.20. The predicted octanol–water partition coefficient (Wildman–Crippen LogP) is 2.51. The zero-order valence-corrected chi connectivity index (χ0v) is 11.7. The van der Waals surface area contributed by atoms with Crippen LogP contribution in [0.15, 0.2) is 28.7 Å². The van der Waals surface area contributed by atoms with E-state index in [1.807, 2.05) is 0 Å². The third kappa shape index (κ3) is 5.20. The number of rotatable bonds is 5. The molecule has 0 saturated carbocycles. The highest BCUT2D eigenvalue weighted by atomic mass is 79.9. The van der Waals surface area contributed by atoms with E-state index in [9.17, 15) is 22.8 Å². The molecule has 8 heteroatoms. The normalized spacial score (nSPS) is 12.8. The molecule has 20 heavy (non-hydrogen) atoms. The molecule has 0 bridgehead atoms. The Morgan fingerprint density at radius 1 is 1.25 bits per heavy atom. The summed E-state index contributed by atoms with van der Waals surface area (Å²) < 4.78 is 37.0. The van der Waals surface area contributed by atoms with E-state index in [1.165, 1.54) is 5.32 Å². The minimum absolute atomic E-state index is 0.126. The van der Waals surface area contributed by atoms with Crippen molar-refractivity contribution >= 4 is 27.8 Å². The molecule has 0 radical (unpaired) electrons. The van der Waals surface area contributed by atoms with E-state index < -0.39 is 24.1 Å². The maximum Gasteiger partial charge on any atom is 0.471 e. The van der Waals surface area contributed by atoms with E-state index in [1.54, 1.807) is 24.3 Å². The molecule has 1 rings (SSSR count). The maximum absolute atomic E-state index is 12.1. The molecule has 0 aliphatic heterocycles. The van der Waals surface area contributed by atoms with Gasteiger partial charge in [0, 0.05) is 4.47 Å². The average Bonchev–Trinajstić information content (AvgIpc) is 2.34. The smallest absolute Gasteiger partial charge is 0.471 e. The zero-order chi connectivity index (χ0) is 15.3. The van der Waals surface area contributed by atoms with Crippen molar-refractivity contribution in [3.63, 3.8) is 0 Å². The van der Waals surface area contributed by atoms with Gasteiger partial charge in [0.2, 0.25) is 0 Å². The lowest BCUT2D eigenvalue weighted by atomic mass is 10.1. The number of alkyl halides is 3. The van der Waals surface area contributed by atoms with Crippen LogP contribution >= 0.6 is 15.9 Å². The standard InChI is InChI=1S/C12H11BrF3NO3/c13-8-4-1-7(2-5-8)3-6-9(10(18)19)17-11(20)12(14,15)16/h1-2,4-5,9H,3,6H2,(H,17,20)(H,18,19)/t9-/m1/s1. The highest BCUT2D eigenvalue weighted by Gasteiger charge is 2.40. The Morgan fingerprint density at radius 2 is 1.80 bits per heavy atom. The van der Waals surface area contributed by atoms with Crippen molar-refractivity contribution in [1.82, 2.24) is 5.32 Å². The highest BCUT2D eigenvalue weighted by Crippen LogP contribution is 2.16. The fourth-order valence-electron chi connectivity index (χ4n) is 1.46. The number of halogens is 4. The third-order valence-corrected chi connectivity index (χ3v) is 3.02. The topological polar surface area (TPSA) is 66.4 Å². The number of carboxylic acids is 1. The molecule has 0 fully saturated rings. The summed E-state index contributed by atoms with van der Waals surface area (Å²) in [6.45, 7) is 0. The van der Waals surface area contributed by atoms with Gasteiger partial charge in [-0.3, -0.25) is 4.79 Å². The molecular weight excluding hydrogens is 343 g/mol. The second-order valence-electron chi connectivity index (χ2n) is 4.03. The number of carboxylic acid groups (broad SMARTS) is 1. The summed E-state index contributed by atoms with van der Waals surface area (Å²) in [5.41, 5.74) is 0.765. The molecule has 1 aromatic carbocycles. The number of aryl methyl sites for hydroxylation is 1. The number of aliphatic carboxylic acids is 1. The van der Waals surface area contributed by atoms with Crippen LogP contribution in [0.4, 0.5) is 13.2 Å². The lowest BCUT2D eigenvalue weighted by molar-refractivity contribution is -0.175. The lowest BCUT2D eigenvalue weighted by Crippen LogP contribution is -2.47. The molecule has 0 spiro atoms. The molecule has 0 heterocycles. The van der Waals surface area contributed by atoms with Crippen LogP contribution < -0.4 is 5.32 Å². The molecule has 1 amide bonds. The Labute approximate surface area is 121 Å².